The van der Waals surface area contributed by atoms with Gasteiger partial charge in [0.15, 0.2) is 0 Å². The van der Waals surface area contributed by atoms with Gasteiger partial charge in [-0.1, -0.05) is 66.7 Å². The molecule has 36 heavy (non-hydrogen) atoms. The summed E-state index contributed by atoms with van der Waals surface area (Å²) < 4.78 is 10.7. The van der Waals surface area contributed by atoms with Gasteiger partial charge in [-0.15, -0.1) is 0 Å². The van der Waals surface area contributed by atoms with Crippen LogP contribution in [0.15, 0.2) is 96.6 Å². The summed E-state index contributed by atoms with van der Waals surface area (Å²) in [6.45, 7) is 0.327. The SMILES string of the molecule is COc1ccc(C(=C2[C@H]3C=C[C@@H]2[C@@H]2C(=O)N(Cc4ccccc4)C(=O)[C@H]23)c2ccc(OC)cc2)cc1. The minimum absolute atomic E-state index is 0.0629. The largest absolute Gasteiger partial charge is 0.497 e. The molecule has 6 rings (SSSR count). The zero-order valence-electron chi connectivity index (χ0n) is 20.3. The van der Waals surface area contributed by atoms with Gasteiger partial charge in [-0.3, -0.25) is 14.5 Å². The number of hydrogen-bond donors (Lipinski definition) is 0. The van der Waals surface area contributed by atoms with Crippen LogP contribution in [0.5, 0.6) is 11.5 Å². The molecule has 1 saturated heterocycles. The average Bonchev–Trinajstić information content (AvgIpc) is 3.56. The van der Waals surface area contributed by atoms with Crippen molar-refractivity contribution in [1.82, 2.24) is 4.90 Å². The third-order valence-corrected chi connectivity index (χ3v) is 7.74. The minimum atomic E-state index is -0.349. The van der Waals surface area contributed by atoms with Crippen LogP contribution < -0.4 is 9.47 Å². The van der Waals surface area contributed by atoms with Crippen LogP contribution in [0.1, 0.15) is 16.7 Å². The molecule has 1 aliphatic heterocycles. The van der Waals surface area contributed by atoms with Crippen LogP contribution in [0, 0.1) is 23.7 Å². The Hall–Kier alpha value is -4.12. The highest BCUT2D eigenvalue weighted by Gasteiger charge is 2.62. The smallest absolute Gasteiger partial charge is 0.234 e. The number of methoxy groups -OCH3 is 2. The number of carbonyl (C=O) groups excluding carboxylic acids is 2. The van der Waals surface area contributed by atoms with Crippen LogP contribution in [-0.2, 0) is 16.1 Å². The molecule has 1 saturated carbocycles. The number of fused-ring (bicyclic) bond motifs is 5. The molecular formula is C31H27NO4. The first-order valence-electron chi connectivity index (χ1n) is 12.2. The predicted molar refractivity (Wildman–Crippen MR) is 137 cm³/mol. The molecule has 5 nitrogen and oxygen atoms in total. The van der Waals surface area contributed by atoms with E-state index in [1.165, 1.54) is 4.90 Å². The summed E-state index contributed by atoms with van der Waals surface area (Å²) in [5.74, 6) is 0.538. The lowest BCUT2D eigenvalue weighted by Gasteiger charge is -2.22. The zero-order chi connectivity index (χ0) is 24.8. The van der Waals surface area contributed by atoms with Crippen molar-refractivity contribution in [2.45, 2.75) is 6.54 Å². The molecule has 4 atom stereocenters. The summed E-state index contributed by atoms with van der Waals surface area (Å²) >= 11 is 0. The Morgan fingerprint density at radius 3 is 1.61 bits per heavy atom. The van der Waals surface area contributed by atoms with E-state index in [0.717, 1.165) is 39.3 Å². The topological polar surface area (TPSA) is 55.8 Å². The molecule has 2 amide bonds. The molecular weight excluding hydrogens is 450 g/mol. The average molecular weight is 478 g/mol. The number of benzene rings is 3. The van der Waals surface area contributed by atoms with E-state index in [0.29, 0.717) is 6.54 Å². The summed E-state index contributed by atoms with van der Waals surface area (Å²) in [6, 6.07) is 25.7. The number of nitrogens with zero attached hydrogens (tertiary/aromatic N) is 1. The monoisotopic (exact) mass is 477 g/mol. The lowest BCUT2D eigenvalue weighted by atomic mass is 9.85. The first kappa shape index (κ1) is 22.4. The molecule has 2 bridgehead atoms. The molecule has 0 radical (unpaired) electrons. The maximum atomic E-state index is 13.6. The second-order valence-electron chi connectivity index (χ2n) is 9.52. The second-order valence-corrected chi connectivity index (χ2v) is 9.52. The van der Waals surface area contributed by atoms with Gasteiger partial charge in [0.1, 0.15) is 11.5 Å². The van der Waals surface area contributed by atoms with Gasteiger partial charge in [-0.2, -0.15) is 0 Å². The number of likely N-dealkylation sites (tertiary alicyclic amines) is 1. The molecule has 3 aromatic carbocycles. The first-order chi connectivity index (χ1) is 17.6. The Kier molecular flexibility index (Phi) is 5.48. The van der Waals surface area contributed by atoms with Crippen molar-refractivity contribution in [2.75, 3.05) is 14.2 Å². The van der Waals surface area contributed by atoms with Crippen LogP contribution in [0.4, 0.5) is 0 Å². The fourth-order valence-corrected chi connectivity index (χ4v) is 6.10. The van der Waals surface area contributed by atoms with E-state index in [4.69, 9.17) is 9.47 Å². The number of amides is 2. The van der Waals surface area contributed by atoms with E-state index >= 15 is 0 Å². The molecule has 0 aromatic heterocycles. The van der Waals surface area contributed by atoms with E-state index in [1.54, 1.807) is 14.2 Å². The maximum absolute atomic E-state index is 13.6. The fraction of sp³-hybridized carbons (Fsp3) is 0.226. The minimum Gasteiger partial charge on any atom is -0.497 e. The van der Waals surface area contributed by atoms with Crippen LogP contribution in [0.2, 0.25) is 0 Å². The van der Waals surface area contributed by atoms with Gasteiger partial charge >= 0.3 is 0 Å². The van der Waals surface area contributed by atoms with E-state index in [2.05, 4.69) is 12.2 Å². The van der Waals surface area contributed by atoms with E-state index in [9.17, 15) is 9.59 Å². The van der Waals surface area contributed by atoms with Crippen molar-refractivity contribution in [3.05, 3.63) is 113 Å². The Bertz CT molecular complexity index is 1290. The van der Waals surface area contributed by atoms with Crippen LogP contribution >= 0.6 is 0 Å². The van der Waals surface area contributed by atoms with Gasteiger partial charge < -0.3 is 9.47 Å². The molecule has 5 heteroatoms. The third kappa shape index (κ3) is 3.46. The normalized spacial score (nSPS) is 23.8. The van der Waals surface area contributed by atoms with Crippen molar-refractivity contribution >= 4 is 17.4 Å². The number of hydrogen-bond acceptors (Lipinski definition) is 4. The maximum Gasteiger partial charge on any atom is 0.234 e. The van der Waals surface area contributed by atoms with Gasteiger partial charge in [0.2, 0.25) is 11.8 Å². The summed E-state index contributed by atoms with van der Waals surface area (Å²) in [5.41, 5.74) is 5.27. The molecule has 3 aliphatic rings. The third-order valence-electron chi connectivity index (χ3n) is 7.74. The van der Waals surface area contributed by atoms with Crippen molar-refractivity contribution in [3.63, 3.8) is 0 Å². The summed E-state index contributed by atoms with van der Waals surface area (Å²) in [7, 11) is 3.30. The predicted octanol–water partition coefficient (Wildman–Crippen LogP) is 5.12. The molecule has 0 spiro atoms. The van der Waals surface area contributed by atoms with Crippen molar-refractivity contribution in [3.8, 4) is 11.5 Å². The lowest BCUT2D eigenvalue weighted by molar-refractivity contribution is -0.141. The number of ether oxygens (including phenoxy) is 2. The second kappa shape index (κ2) is 8.83. The van der Waals surface area contributed by atoms with Gasteiger partial charge in [0, 0.05) is 11.8 Å². The quantitative estimate of drug-likeness (QED) is 0.365. The number of rotatable bonds is 6. The highest BCUT2D eigenvalue weighted by Crippen LogP contribution is 2.58. The molecule has 0 N–H and O–H groups in total. The molecule has 2 aliphatic carbocycles. The van der Waals surface area contributed by atoms with Crippen LogP contribution in [0.3, 0.4) is 0 Å². The summed E-state index contributed by atoms with van der Waals surface area (Å²) in [5, 5.41) is 0. The fourth-order valence-electron chi connectivity index (χ4n) is 6.10. The van der Waals surface area contributed by atoms with Gasteiger partial charge in [0.05, 0.1) is 32.6 Å². The summed E-state index contributed by atoms with van der Waals surface area (Å²) in [6.07, 6.45) is 4.26. The van der Waals surface area contributed by atoms with Gasteiger partial charge in [-0.25, -0.2) is 0 Å². The van der Waals surface area contributed by atoms with Crippen LogP contribution in [-0.4, -0.2) is 30.9 Å². The van der Waals surface area contributed by atoms with E-state index < -0.39 is 0 Å². The molecule has 180 valence electrons. The Labute approximate surface area is 210 Å². The van der Waals surface area contributed by atoms with E-state index in [-0.39, 0.29) is 35.5 Å². The van der Waals surface area contributed by atoms with E-state index in [1.807, 2.05) is 78.9 Å². The van der Waals surface area contributed by atoms with Crippen molar-refractivity contribution < 1.29 is 19.1 Å². The highest BCUT2D eigenvalue weighted by atomic mass is 16.5. The summed E-state index contributed by atoms with van der Waals surface area (Å²) in [4.78, 5) is 28.7. The van der Waals surface area contributed by atoms with Crippen molar-refractivity contribution in [1.29, 1.82) is 0 Å². The van der Waals surface area contributed by atoms with Crippen molar-refractivity contribution in [2.24, 2.45) is 23.7 Å². The molecule has 3 aromatic rings. The number of imide groups is 1. The lowest BCUT2D eigenvalue weighted by Crippen LogP contribution is -2.32. The Morgan fingerprint density at radius 1 is 0.694 bits per heavy atom. The highest BCUT2D eigenvalue weighted by molar-refractivity contribution is 6.08. The van der Waals surface area contributed by atoms with Gasteiger partial charge in [0.25, 0.3) is 0 Å². The Balaban J connectivity index is 1.43. The zero-order valence-corrected chi connectivity index (χ0v) is 20.3. The van der Waals surface area contributed by atoms with Gasteiger partial charge in [-0.05, 0) is 52.1 Å². The molecule has 0 unspecified atom stereocenters. The van der Waals surface area contributed by atoms with Crippen LogP contribution in [0.25, 0.3) is 5.57 Å². The number of carbonyl (C=O) groups is 2. The molecule has 2 fully saturated rings. The Morgan fingerprint density at radius 2 is 1.17 bits per heavy atom. The number of allylic oxidation sites excluding steroid dienone is 3. The first-order valence-corrected chi connectivity index (χ1v) is 12.2. The molecule has 1 heterocycles. The standard InChI is InChI=1S/C31H27NO4/c1-35-22-12-8-20(9-13-22)26(21-10-14-23(36-2)15-11-21)27-24-16-17-25(27)29-28(24)30(33)32(31(29)34)18-19-6-4-3-5-7-19/h3-17,24-25,28-29H,18H2,1-2H3/t24-,25+,28-,29-/m0/s1.